The van der Waals surface area contributed by atoms with E-state index in [0.29, 0.717) is 5.56 Å². The summed E-state index contributed by atoms with van der Waals surface area (Å²) >= 11 is 0. The van der Waals surface area contributed by atoms with Gasteiger partial charge in [0.15, 0.2) is 11.4 Å². The number of allylic oxidation sites excluding steroid dienone is 1. The Morgan fingerprint density at radius 3 is 2.00 bits per heavy atom. The van der Waals surface area contributed by atoms with Crippen molar-refractivity contribution >= 4 is 11.6 Å². The van der Waals surface area contributed by atoms with Crippen LogP contribution in [0.4, 0.5) is 0 Å². The standard InChI is InChI=1S/C25H26O5/c1-16(2)13-20(26)21-22(27)19(14-17-9-5-3-6-10-17)23(28)25(30,24(21)29)15-18-11-7-4-8-12-18/h3-12,16,27-28,30H,13-15H2,1-2H3. The van der Waals surface area contributed by atoms with Crippen LogP contribution in [0.1, 0.15) is 31.4 Å². The highest BCUT2D eigenvalue weighted by Crippen LogP contribution is 2.37. The van der Waals surface area contributed by atoms with Crippen LogP contribution in [0.2, 0.25) is 0 Å². The van der Waals surface area contributed by atoms with E-state index in [4.69, 9.17) is 0 Å². The van der Waals surface area contributed by atoms with Gasteiger partial charge in [-0.15, -0.1) is 0 Å². The Balaban J connectivity index is 2.13. The van der Waals surface area contributed by atoms with Crippen LogP contribution < -0.4 is 0 Å². The Kier molecular flexibility index (Phi) is 6.22. The van der Waals surface area contributed by atoms with Crippen molar-refractivity contribution in [2.45, 2.75) is 38.7 Å². The van der Waals surface area contributed by atoms with E-state index in [1.807, 2.05) is 32.0 Å². The Hall–Kier alpha value is -3.18. The highest BCUT2D eigenvalue weighted by Gasteiger charge is 2.50. The van der Waals surface area contributed by atoms with Gasteiger partial charge in [-0.2, -0.15) is 0 Å². The highest BCUT2D eigenvalue weighted by molar-refractivity contribution is 6.25. The second kappa shape index (κ2) is 8.67. The lowest BCUT2D eigenvalue weighted by Gasteiger charge is -2.33. The SMILES string of the molecule is CC(C)CC(=O)C1=C(O)C(Cc2ccccc2)=C(O)C(O)(Cc2ccccc2)C1=O. The first-order valence-corrected chi connectivity index (χ1v) is 9.98. The van der Waals surface area contributed by atoms with Gasteiger partial charge >= 0.3 is 0 Å². The summed E-state index contributed by atoms with van der Waals surface area (Å²) in [6.45, 7) is 3.66. The van der Waals surface area contributed by atoms with Crippen molar-refractivity contribution in [2.75, 3.05) is 0 Å². The molecular weight excluding hydrogens is 380 g/mol. The van der Waals surface area contributed by atoms with Gasteiger partial charge in [-0.3, -0.25) is 9.59 Å². The van der Waals surface area contributed by atoms with Crippen molar-refractivity contribution < 1.29 is 24.9 Å². The molecule has 3 N–H and O–H groups in total. The molecule has 0 aromatic heterocycles. The molecule has 30 heavy (non-hydrogen) atoms. The Labute approximate surface area is 176 Å². The van der Waals surface area contributed by atoms with Crippen LogP contribution in [-0.2, 0) is 22.4 Å². The summed E-state index contributed by atoms with van der Waals surface area (Å²) < 4.78 is 0. The number of aliphatic hydroxyl groups excluding tert-OH is 2. The number of ketones is 2. The lowest BCUT2D eigenvalue weighted by molar-refractivity contribution is -0.135. The molecule has 5 heteroatoms. The molecule has 156 valence electrons. The monoisotopic (exact) mass is 406 g/mol. The van der Waals surface area contributed by atoms with Crippen LogP contribution in [0, 0.1) is 5.92 Å². The molecule has 0 amide bonds. The zero-order valence-corrected chi connectivity index (χ0v) is 17.1. The van der Waals surface area contributed by atoms with Crippen LogP contribution >= 0.6 is 0 Å². The summed E-state index contributed by atoms with van der Waals surface area (Å²) in [6.07, 6.45) is -0.0875. The van der Waals surface area contributed by atoms with Crippen molar-refractivity contribution in [3.63, 3.8) is 0 Å². The number of hydrogen-bond donors (Lipinski definition) is 3. The Bertz CT molecular complexity index is 1000. The second-order valence-corrected chi connectivity index (χ2v) is 8.09. The van der Waals surface area contributed by atoms with E-state index in [1.54, 1.807) is 42.5 Å². The lowest BCUT2D eigenvalue weighted by Crippen LogP contribution is -2.48. The van der Waals surface area contributed by atoms with E-state index in [2.05, 4.69) is 0 Å². The van der Waals surface area contributed by atoms with E-state index in [-0.39, 0.29) is 30.8 Å². The van der Waals surface area contributed by atoms with E-state index >= 15 is 0 Å². The van der Waals surface area contributed by atoms with Gasteiger partial charge in [-0.05, 0) is 17.0 Å². The fourth-order valence-corrected chi connectivity index (χ4v) is 3.69. The minimum Gasteiger partial charge on any atom is -0.508 e. The van der Waals surface area contributed by atoms with Gasteiger partial charge in [0.1, 0.15) is 17.1 Å². The van der Waals surface area contributed by atoms with Gasteiger partial charge in [0.2, 0.25) is 5.78 Å². The minimum absolute atomic E-state index is 0.00802. The molecule has 0 spiro atoms. The molecule has 1 aliphatic rings. The Morgan fingerprint density at radius 1 is 0.933 bits per heavy atom. The molecule has 0 fully saturated rings. The van der Waals surface area contributed by atoms with Crippen LogP contribution in [0.25, 0.3) is 0 Å². The van der Waals surface area contributed by atoms with Crippen LogP contribution in [0.15, 0.2) is 83.3 Å². The van der Waals surface area contributed by atoms with Gasteiger partial charge in [-0.25, -0.2) is 0 Å². The van der Waals surface area contributed by atoms with Crippen LogP contribution in [0.5, 0.6) is 0 Å². The molecule has 0 aliphatic heterocycles. The number of benzene rings is 2. The number of carbonyl (C=O) groups excluding carboxylic acids is 2. The zero-order chi connectivity index (χ0) is 21.9. The molecule has 1 atom stereocenters. The topological polar surface area (TPSA) is 94.8 Å². The van der Waals surface area contributed by atoms with Crippen molar-refractivity contribution in [1.29, 1.82) is 0 Å². The van der Waals surface area contributed by atoms with Crippen molar-refractivity contribution in [1.82, 2.24) is 0 Å². The predicted molar refractivity (Wildman–Crippen MR) is 114 cm³/mol. The molecule has 0 bridgehead atoms. The summed E-state index contributed by atoms with van der Waals surface area (Å²) in [6, 6.07) is 17.8. The lowest BCUT2D eigenvalue weighted by atomic mass is 9.75. The van der Waals surface area contributed by atoms with Gasteiger partial charge in [-0.1, -0.05) is 74.5 Å². The van der Waals surface area contributed by atoms with E-state index in [1.165, 1.54) is 0 Å². The molecule has 3 rings (SSSR count). The molecular formula is C25H26O5. The number of rotatable bonds is 7. The predicted octanol–water partition coefficient (Wildman–Crippen LogP) is 4.03. The van der Waals surface area contributed by atoms with E-state index < -0.39 is 34.3 Å². The van der Waals surface area contributed by atoms with E-state index in [0.717, 1.165) is 5.56 Å². The highest BCUT2D eigenvalue weighted by atomic mass is 16.3. The number of carbonyl (C=O) groups is 2. The molecule has 2 aromatic rings. The molecule has 2 aromatic carbocycles. The van der Waals surface area contributed by atoms with E-state index in [9.17, 15) is 24.9 Å². The minimum atomic E-state index is -2.32. The summed E-state index contributed by atoms with van der Waals surface area (Å²) in [5.74, 6) is -2.71. The zero-order valence-electron chi connectivity index (χ0n) is 17.1. The first-order chi connectivity index (χ1) is 14.2. The summed E-state index contributed by atoms with van der Waals surface area (Å²) in [7, 11) is 0. The number of aliphatic hydroxyl groups is 3. The molecule has 1 unspecified atom stereocenters. The maximum absolute atomic E-state index is 13.2. The third-order valence-corrected chi connectivity index (χ3v) is 5.20. The molecule has 5 nitrogen and oxygen atoms in total. The summed E-state index contributed by atoms with van der Waals surface area (Å²) in [4.78, 5) is 26.0. The first-order valence-electron chi connectivity index (χ1n) is 9.98. The maximum Gasteiger partial charge on any atom is 0.209 e. The molecule has 0 radical (unpaired) electrons. The fraction of sp³-hybridized carbons (Fsp3) is 0.280. The molecule has 0 saturated heterocycles. The summed E-state index contributed by atoms with van der Waals surface area (Å²) in [5.41, 5.74) is -1.38. The van der Waals surface area contributed by atoms with Gasteiger partial charge < -0.3 is 15.3 Å². The maximum atomic E-state index is 13.2. The molecule has 1 aliphatic carbocycles. The third kappa shape index (κ3) is 4.21. The van der Waals surface area contributed by atoms with Crippen LogP contribution in [0.3, 0.4) is 0 Å². The molecule has 0 heterocycles. The Morgan fingerprint density at radius 2 is 1.47 bits per heavy atom. The van der Waals surface area contributed by atoms with Gasteiger partial charge in [0.05, 0.1) is 0 Å². The van der Waals surface area contributed by atoms with Gasteiger partial charge in [0, 0.05) is 24.8 Å². The average Bonchev–Trinajstić information content (AvgIpc) is 2.71. The van der Waals surface area contributed by atoms with Crippen molar-refractivity contribution in [3.05, 3.63) is 94.5 Å². The van der Waals surface area contributed by atoms with Crippen LogP contribution in [-0.4, -0.2) is 32.5 Å². The van der Waals surface area contributed by atoms with Gasteiger partial charge in [0.25, 0.3) is 0 Å². The largest absolute Gasteiger partial charge is 0.508 e. The summed E-state index contributed by atoms with van der Waals surface area (Å²) in [5, 5.41) is 33.1. The second-order valence-electron chi connectivity index (χ2n) is 8.09. The van der Waals surface area contributed by atoms with Crippen molar-refractivity contribution in [3.8, 4) is 0 Å². The smallest absolute Gasteiger partial charge is 0.209 e. The number of Topliss-reactive ketones (excluding diaryl/α,β-unsaturated/α-hetero) is 2. The quantitative estimate of drug-likeness (QED) is 0.604. The number of hydrogen-bond acceptors (Lipinski definition) is 5. The molecule has 0 saturated carbocycles. The normalized spacial score (nSPS) is 19.5. The average molecular weight is 406 g/mol. The fourth-order valence-electron chi connectivity index (χ4n) is 3.69. The third-order valence-electron chi connectivity index (χ3n) is 5.20. The first kappa shape index (κ1) is 21.5. The van der Waals surface area contributed by atoms with Crippen molar-refractivity contribution in [2.24, 2.45) is 5.92 Å².